The minimum Gasteiger partial charge on any atom is -0.486 e. The van der Waals surface area contributed by atoms with Crippen LogP contribution in [0, 0.1) is 0 Å². The van der Waals surface area contributed by atoms with Crippen molar-refractivity contribution < 1.29 is 14.2 Å². The molecule has 1 N–H and O–H groups in total. The summed E-state index contributed by atoms with van der Waals surface area (Å²) in [6, 6.07) is 6.02. The quantitative estimate of drug-likeness (QED) is 0.765. The van der Waals surface area contributed by atoms with Gasteiger partial charge in [0.05, 0.1) is 6.61 Å². The van der Waals surface area contributed by atoms with Crippen LogP contribution in [0.5, 0.6) is 11.5 Å². The molecule has 4 nitrogen and oxygen atoms in total. The van der Waals surface area contributed by atoms with E-state index in [1.54, 1.807) is 7.11 Å². The summed E-state index contributed by atoms with van der Waals surface area (Å²) in [5.41, 5.74) is 1.14. The molecule has 0 aromatic heterocycles. The fourth-order valence-corrected chi connectivity index (χ4v) is 1.87. The van der Waals surface area contributed by atoms with Crippen molar-refractivity contribution >= 4 is 6.08 Å². The number of hydrogen-bond donors (Lipinski definition) is 1. The molecule has 1 aliphatic rings. The Labute approximate surface area is 114 Å². The van der Waals surface area contributed by atoms with Gasteiger partial charge in [-0.2, -0.15) is 0 Å². The van der Waals surface area contributed by atoms with Gasteiger partial charge < -0.3 is 19.5 Å². The standard InChI is InChI=1S/C15H21NO3/c1-17-9-8-16-7-3-2-4-13-5-6-14-15(12-13)19-11-10-18-14/h2,4-6,12,16H,3,7-11H2,1H3. The maximum absolute atomic E-state index is 5.55. The summed E-state index contributed by atoms with van der Waals surface area (Å²) in [4.78, 5) is 0. The van der Waals surface area contributed by atoms with E-state index >= 15 is 0 Å². The molecular formula is C15H21NO3. The molecule has 0 bridgehead atoms. The molecule has 1 aromatic carbocycles. The van der Waals surface area contributed by atoms with Gasteiger partial charge in [0, 0.05) is 13.7 Å². The van der Waals surface area contributed by atoms with Gasteiger partial charge in [-0.3, -0.25) is 0 Å². The predicted molar refractivity (Wildman–Crippen MR) is 75.8 cm³/mol. The van der Waals surface area contributed by atoms with E-state index in [0.717, 1.165) is 43.2 Å². The monoisotopic (exact) mass is 263 g/mol. The lowest BCUT2D eigenvalue weighted by atomic mass is 10.1. The molecule has 0 aliphatic carbocycles. The normalized spacial score (nSPS) is 13.9. The van der Waals surface area contributed by atoms with Gasteiger partial charge in [0.15, 0.2) is 11.5 Å². The van der Waals surface area contributed by atoms with Crippen molar-refractivity contribution in [3.8, 4) is 11.5 Å². The Morgan fingerprint density at radius 1 is 1.21 bits per heavy atom. The number of benzene rings is 1. The van der Waals surface area contributed by atoms with Gasteiger partial charge in [-0.05, 0) is 30.7 Å². The number of nitrogens with one attached hydrogen (secondary N) is 1. The van der Waals surface area contributed by atoms with E-state index < -0.39 is 0 Å². The van der Waals surface area contributed by atoms with E-state index in [-0.39, 0.29) is 0 Å². The summed E-state index contributed by atoms with van der Waals surface area (Å²) in [5, 5.41) is 3.30. The molecule has 1 aromatic rings. The molecule has 0 fully saturated rings. The molecule has 0 unspecified atom stereocenters. The van der Waals surface area contributed by atoms with Crippen molar-refractivity contribution in [2.75, 3.05) is 40.0 Å². The summed E-state index contributed by atoms with van der Waals surface area (Å²) in [5.74, 6) is 1.68. The van der Waals surface area contributed by atoms with Gasteiger partial charge in [-0.25, -0.2) is 0 Å². The molecule has 104 valence electrons. The molecule has 0 atom stereocenters. The van der Waals surface area contributed by atoms with Gasteiger partial charge in [0.1, 0.15) is 13.2 Å². The number of rotatable bonds is 7. The molecule has 0 spiro atoms. The van der Waals surface area contributed by atoms with Crippen molar-refractivity contribution in [2.45, 2.75) is 6.42 Å². The molecular weight excluding hydrogens is 242 g/mol. The lowest BCUT2D eigenvalue weighted by Gasteiger charge is -2.18. The third-order valence-electron chi connectivity index (χ3n) is 2.85. The zero-order valence-corrected chi connectivity index (χ0v) is 11.4. The first kappa shape index (κ1) is 13.9. The van der Waals surface area contributed by atoms with Crippen molar-refractivity contribution in [3.05, 3.63) is 29.8 Å². The minimum atomic E-state index is 0.629. The molecule has 0 saturated heterocycles. The first-order valence-corrected chi connectivity index (χ1v) is 6.66. The van der Waals surface area contributed by atoms with E-state index in [9.17, 15) is 0 Å². The fourth-order valence-electron chi connectivity index (χ4n) is 1.87. The first-order chi connectivity index (χ1) is 9.40. The van der Waals surface area contributed by atoms with Crippen LogP contribution >= 0.6 is 0 Å². The van der Waals surface area contributed by atoms with Gasteiger partial charge in [0.25, 0.3) is 0 Å². The zero-order chi connectivity index (χ0) is 13.3. The van der Waals surface area contributed by atoms with Crippen molar-refractivity contribution in [3.63, 3.8) is 0 Å². The van der Waals surface area contributed by atoms with Crippen LogP contribution in [0.25, 0.3) is 6.08 Å². The number of fused-ring (bicyclic) bond motifs is 1. The van der Waals surface area contributed by atoms with E-state index in [0.29, 0.717) is 13.2 Å². The molecule has 1 aliphatic heterocycles. The van der Waals surface area contributed by atoms with Gasteiger partial charge >= 0.3 is 0 Å². The van der Waals surface area contributed by atoms with Crippen molar-refractivity contribution in [2.24, 2.45) is 0 Å². The Hall–Kier alpha value is -1.52. The fraction of sp³-hybridized carbons (Fsp3) is 0.467. The molecule has 0 amide bonds. The van der Waals surface area contributed by atoms with E-state index in [1.807, 2.05) is 18.2 Å². The van der Waals surface area contributed by atoms with Crippen LogP contribution in [0.1, 0.15) is 12.0 Å². The topological polar surface area (TPSA) is 39.7 Å². The largest absolute Gasteiger partial charge is 0.486 e. The number of ether oxygens (including phenoxy) is 3. The third-order valence-corrected chi connectivity index (χ3v) is 2.85. The zero-order valence-electron chi connectivity index (χ0n) is 11.4. The van der Waals surface area contributed by atoms with E-state index in [4.69, 9.17) is 14.2 Å². The SMILES string of the molecule is COCCNCCC=Cc1ccc2c(c1)OCCO2. The van der Waals surface area contributed by atoms with Crippen LogP contribution in [-0.2, 0) is 4.74 Å². The van der Waals surface area contributed by atoms with E-state index in [1.165, 1.54) is 0 Å². The minimum absolute atomic E-state index is 0.629. The first-order valence-electron chi connectivity index (χ1n) is 6.66. The maximum Gasteiger partial charge on any atom is 0.161 e. The van der Waals surface area contributed by atoms with Gasteiger partial charge in [-0.15, -0.1) is 0 Å². The van der Waals surface area contributed by atoms with Crippen LogP contribution in [-0.4, -0.2) is 40.0 Å². The highest BCUT2D eigenvalue weighted by atomic mass is 16.6. The second-order valence-corrected chi connectivity index (χ2v) is 4.34. The second kappa shape index (κ2) is 7.81. The Bertz CT molecular complexity index is 418. The van der Waals surface area contributed by atoms with Gasteiger partial charge in [0.2, 0.25) is 0 Å². The summed E-state index contributed by atoms with van der Waals surface area (Å²) in [6.45, 7) is 3.88. The summed E-state index contributed by atoms with van der Waals surface area (Å²) in [7, 11) is 1.71. The Morgan fingerprint density at radius 3 is 2.89 bits per heavy atom. The van der Waals surface area contributed by atoms with Crippen LogP contribution in [0.2, 0.25) is 0 Å². The lowest BCUT2D eigenvalue weighted by molar-refractivity contribution is 0.171. The van der Waals surface area contributed by atoms with Crippen LogP contribution < -0.4 is 14.8 Å². The smallest absolute Gasteiger partial charge is 0.161 e. The van der Waals surface area contributed by atoms with Crippen molar-refractivity contribution in [1.82, 2.24) is 5.32 Å². The maximum atomic E-state index is 5.55. The lowest BCUT2D eigenvalue weighted by Crippen LogP contribution is -2.19. The summed E-state index contributed by atoms with van der Waals surface area (Å²) >= 11 is 0. The Morgan fingerprint density at radius 2 is 2.05 bits per heavy atom. The number of methoxy groups -OCH3 is 1. The van der Waals surface area contributed by atoms with E-state index in [2.05, 4.69) is 17.5 Å². The molecule has 1 heterocycles. The summed E-state index contributed by atoms with van der Waals surface area (Å²) < 4.78 is 16.0. The molecule has 0 saturated carbocycles. The Balaban J connectivity index is 1.76. The molecule has 4 heteroatoms. The predicted octanol–water partition coefficient (Wildman–Crippen LogP) is 2.10. The molecule has 19 heavy (non-hydrogen) atoms. The highest BCUT2D eigenvalue weighted by Crippen LogP contribution is 2.31. The van der Waals surface area contributed by atoms with Crippen LogP contribution in [0.3, 0.4) is 0 Å². The van der Waals surface area contributed by atoms with Crippen LogP contribution in [0.15, 0.2) is 24.3 Å². The highest BCUT2D eigenvalue weighted by Gasteiger charge is 2.10. The third kappa shape index (κ3) is 4.58. The summed E-state index contributed by atoms with van der Waals surface area (Å²) in [6.07, 6.45) is 5.26. The second-order valence-electron chi connectivity index (χ2n) is 4.34. The molecule has 0 radical (unpaired) electrons. The van der Waals surface area contributed by atoms with Crippen LogP contribution in [0.4, 0.5) is 0 Å². The Kier molecular flexibility index (Phi) is 5.72. The highest BCUT2D eigenvalue weighted by molar-refractivity contribution is 5.56. The average Bonchev–Trinajstić information content (AvgIpc) is 2.46. The van der Waals surface area contributed by atoms with Crippen molar-refractivity contribution in [1.29, 1.82) is 0 Å². The molecule has 2 rings (SSSR count). The number of hydrogen-bond acceptors (Lipinski definition) is 4. The average molecular weight is 263 g/mol. The van der Waals surface area contributed by atoms with Gasteiger partial charge in [-0.1, -0.05) is 18.2 Å².